The van der Waals surface area contributed by atoms with Crippen molar-refractivity contribution in [2.75, 3.05) is 20.2 Å². The van der Waals surface area contributed by atoms with Crippen LogP contribution in [0.4, 0.5) is 4.79 Å². The van der Waals surface area contributed by atoms with Crippen LogP contribution in [0.1, 0.15) is 27.2 Å². The molecule has 0 aromatic heterocycles. The van der Waals surface area contributed by atoms with E-state index in [-0.39, 0.29) is 18.7 Å². The van der Waals surface area contributed by atoms with Crippen molar-refractivity contribution in [3.05, 3.63) is 0 Å². The highest BCUT2D eigenvalue weighted by atomic mass is 16.6. The van der Waals surface area contributed by atoms with E-state index in [2.05, 4.69) is 0 Å². The Labute approximate surface area is 96.3 Å². The first-order valence-electron chi connectivity index (χ1n) is 5.52. The number of piperidine rings is 1. The summed E-state index contributed by atoms with van der Waals surface area (Å²) in [5.41, 5.74) is -0.500. The van der Waals surface area contributed by atoms with Gasteiger partial charge in [0.05, 0.1) is 18.8 Å². The summed E-state index contributed by atoms with van der Waals surface area (Å²) in [6.45, 7) is 6.30. The highest BCUT2D eigenvalue weighted by Crippen LogP contribution is 2.17. The van der Waals surface area contributed by atoms with Gasteiger partial charge in [-0.3, -0.25) is 0 Å². The Morgan fingerprint density at radius 2 is 2.06 bits per heavy atom. The van der Waals surface area contributed by atoms with Gasteiger partial charge < -0.3 is 19.5 Å². The Hall–Kier alpha value is -0.810. The van der Waals surface area contributed by atoms with Crippen LogP contribution in [-0.4, -0.2) is 54.1 Å². The third-order valence-corrected chi connectivity index (χ3v) is 2.47. The summed E-state index contributed by atoms with van der Waals surface area (Å²) in [5, 5.41) is 9.71. The number of aliphatic hydroxyl groups excluding tert-OH is 1. The number of likely N-dealkylation sites (tertiary alicyclic amines) is 1. The highest BCUT2D eigenvalue weighted by Gasteiger charge is 2.32. The van der Waals surface area contributed by atoms with E-state index in [9.17, 15) is 9.90 Å². The zero-order valence-electron chi connectivity index (χ0n) is 10.4. The molecule has 0 aliphatic carbocycles. The Kier molecular flexibility index (Phi) is 4.15. The monoisotopic (exact) mass is 231 g/mol. The molecule has 16 heavy (non-hydrogen) atoms. The Morgan fingerprint density at radius 1 is 1.44 bits per heavy atom. The molecule has 1 heterocycles. The van der Waals surface area contributed by atoms with Crippen molar-refractivity contribution in [1.82, 2.24) is 4.90 Å². The minimum absolute atomic E-state index is 0.182. The summed E-state index contributed by atoms with van der Waals surface area (Å²) in [4.78, 5) is 13.2. The number of methoxy groups -OCH3 is 1. The molecular weight excluding hydrogens is 210 g/mol. The van der Waals surface area contributed by atoms with Gasteiger partial charge in [0.25, 0.3) is 0 Å². The van der Waals surface area contributed by atoms with Crippen LogP contribution in [0, 0.1) is 0 Å². The van der Waals surface area contributed by atoms with Crippen LogP contribution in [0.2, 0.25) is 0 Å². The lowest BCUT2D eigenvalue weighted by atomic mass is 10.1. The van der Waals surface area contributed by atoms with Gasteiger partial charge in [0.1, 0.15) is 5.60 Å². The molecule has 1 fully saturated rings. The van der Waals surface area contributed by atoms with Crippen LogP contribution < -0.4 is 0 Å². The number of carbonyl (C=O) groups excluding carboxylic acids is 1. The maximum atomic E-state index is 11.7. The molecular formula is C11H21NO4. The van der Waals surface area contributed by atoms with E-state index in [4.69, 9.17) is 9.47 Å². The Bertz CT molecular complexity index is 249. The fourth-order valence-electron chi connectivity index (χ4n) is 1.68. The molecule has 5 heteroatoms. The number of hydrogen-bond acceptors (Lipinski definition) is 4. The normalized spacial score (nSPS) is 26.7. The third kappa shape index (κ3) is 3.64. The number of carbonyl (C=O) groups is 1. The van der Waals surface area contributed by atoms with Crippen molar-refractivity contribution < 1.29 is 19.4 Å². The summed E-state index contributed by atoms with van der Waals surface area (Å²) < 4.78 is 10.3. The van der Waals surface area contributed by atoms with Gasteiger partial charge in [-0.25, -0.2) is 4.79 Å². The first-order chi connectivity index (χ1) is 7.33. The molecule has 1 amide bonds. The summed E-state index contributed by atoms with van der Waals surface area (Å²) in [7, 11) is 1.57. The molecule has 0 unspecified atom stereocenters. The van der Waals surface area contributed by atoms with E-state index in [1.807, 2.05) is 20.8 Å². The quantitative estimate of drug-likeness (QED) is 0.731. The lowest BCUT2D eigenvalue weighted by molar-refractivity contribution is -0.0639. The van der Waals surface area contributed by atoms with Gasteiger partial charge in [0.2, 0.25) is 0 Å². The van der Waals surface area contributed by atoms with E-state index < -0.39 is 11.7 Å². The summed E-state index contributed by atoms with van der Waals surface area (Å²) in [5.74, 6) is 0. The minimum Gasteiger partial charge on any atom is -0.444 e. The van der Waals surface area contributed by atoms with Crippen molar-refractivity contribution in [1.29, 1.82) is 0 Å². The lowest BCUT2D eigenvalue weighted by Gasteiger charge is -2.35. The number of amides is 1. The second kappa shape index (κ2) is 5.01. The molecule has 0 aromatic rings. The number of rotatable bonds is 1. The van der Waals surface area contributed by atoms with Crippen LogP contribution >= 0.6 is 0 Å². The second-order valence-corrected chi connectivity index (χ2v) is 5.06. The number of nitrogens with zero attached hydrogens (tertiary/aromatic N) is 1. The molecule has 0 aromatic carbocycles. The fourth-order valence-corrected chi connectivity index (χ4v) is 1.68. The highest BCUT2D eigenvalue weighted by molar-refractivity contribution is 5.68. The topological polar surface area (TPSA) is 59.0 Å². The van der Waals surface area contributed by atoms with Crippen LogP contribution in [0.3, 0.4) is 0 Å². The van der Waals surface area contributed by atoms with Gasteiger partial charge in [-0.05, 0) is 27.2 Å². The number of hydrogen-bond donors (Lipinski definition) is 1. The first kappa shape index (κ1) is 13.3. The zero-order chi connectivity index (χ0) is 12.3. The van der Waals surface area contributed by atoms with E-state index in [0.29, 0.717) is 13.0 Å². The molecule has 2 atom stereocenters. The predicted octanol–water partition coefficient (Wildman–Crippen LogP) is 1.00. The van der Waals surface area contributed by atoms with Gasteiger partial charge in [-0.1, -0.05) is 0 Å². The summed E-state index contributed by atoms with van der Waals surface area (Å²) in [6.07, 6.45) is -0.553. The molecule has 1 saturated heterocycles. The average molecular weight is 231 g/mol. The molecule has 1 aliphatic heterocycles. The van der Waals surface area contributed by atoms with Gasteiger partial charge in [0.15, 0.2) is 0 Å². The zero-order valence-corrected chi connectivity index (χ0v) is 10.4. The molecule has 1 N–H and O–H groups in total. The van der Waals surface area contributed by atoms with Gasteiger partial charge in [0, 0.05) is 13.7 Å². The van der Waals surface area contributed by atoms with Crippen LogP contribution in [0.15, 0.2) is 0 Å². The van der Waals surface area contributed by atoms with Gasteiger partial charge >= 0.3 is 6.09 Å². The number of aliphatic hydroxyl groups is 1. The molecule has 0 radical (unpaired) electrons. The summed E-state index contributed by atoms with van der Waals surface area (Å²) in [6, 6.07) is 0. The number of β-amino-alcohol motifs (C(OH)–C–C–N with tert-alkyl or cyclic N) is 1. The van der Waals surface area contributed by atoms with Crippen molar-refractivity contribution >= 4 is 6.09 Å². The average Bonchev–Trinajstić information content (AvgIpc) is 2.15. The fraction of sp³-hybridized carbons (Fsp3) is 0.909. The Balaban J connectivity index is 2.48. The van der Waals surface area contributed by atoms with E-state index in [1.54, 1.807) is 7.11 Å². The molecule has 1 rings (SSSR count). The van der Waals surface area contributed by atoms with Crippen molar-refractivity contribution in [3.8, 4) is 0 Å². The first-order valence-corrected chi connectivity index (χ1v) is 5.52. The van der Waals surface area contributed by atoms with E-state index >= 15 is 0 Å². The van der Waals surface area contributed by atoms with Gasteiger partial charge in [-0.2, -0.15) is 0 Å². The molecule has 94 valence electrons. The molecule has 0 bridgehead atoms. The molecule has 1 aliphatic rings. The minimum atomic E-state index is -0.633. The Morgan fingerprint density at radius 3 is 2.50 bits per heavy atom. The van der Waals surface area contributed by atoms with Crippen LogP contribution in [-0.2, 0) is 9.47 Å². The standard InChI is InChI=1S/C11H21NO4/c1-11(2,3)16-10(14)12-6-5-9(15-4)8(13)7-12/h8-9,13H,5-7H2,1-4H3/t8-,9-/m1/s1. The van der Waals surface area contributed by atoms with Crippen molar-refractivity contribution in [3.63, 3.8) is 0 Å². The predicted molar refractivity (Wildman–Crippen MR) is 59.2 cm³/mol. The maximum absolute atomic E-state index is 11.7. The van der Waals surface area contributed by atoms with E-state index in [0.717, 1.165) is 0 Å². The summed E-state index contributed by atoms with van der Waals surface area (Å²) >= 11 is 0. The van der Waals surface area contributed by atoms with Crippen molar-refractivity contribution in [2.24, 2.45) is 0 Å². The SMILES string of the molecule is CO[C@@H]1CCN(C(=O)OC(C)(C)C)C[C@H]1O. The third-order valence-electron chi connectivity index (χ3n) is 2.47. The van der Waals surface area contributed by atoms with E-state index in [1.165, 1.54) is 4.90 Å². The smallest absolute Gasteiger partial charge is 0.410 e. The van der Waals surface area contributed by atoms with Gasteiger partial charge in [-0.15, -0.1) is 0 Å². The second-order valence-electron chi connectivity index (χ2n) is 5.06. The number of ether oxygens (including phenoxy) is 2. The molecule has 5 nitrogen and oxygen atoms in total. The van der Waals surface area contributed by atoms with Crippen LogP contribution in [0.25, 0.3) is 0 Å². The molecule has 0 spiro atoms. The maximum Gasteiger partial charge on any atom is 0.410 e. The largest absolute Gasteiger partial charge is 0.444 e. The lowest BCUT2D eigenvalue weighted by Crippen LogP contribution is -2.50. The molecule has 0 saturated carbocycles. The van der Waals surface area contributed by atoms with Crippen LogP contribution in [0.5, 0.6) is 0 Å². The van der Waals surface area contributed by atoms with Crippen molar-refractivity contribution in [2.45, 2.75) is 45.0 Å².